The van der Waals surface area contributed by atoms with Crippen molar-refractivity contribution in [1.82, 2.24) is 19.7 Å². The molecule has 1 amide bonds. The van der Waals surface area contributed by atoms with Crippen LogP contribution in [0.2, 0.25) is 0 Å². The topological polar surface area (TPSA) is 70.9 Å². The molecule has 4 aliphatic heterocycles. The summed E-state index contributed by atoms with van der Waals surface area (Å²) in [5.41, 5.74) is 2.21. The number of allylic oxidation sites excluding steroid dienone is 2. The number of amides is 1. The van der Waals surface area contributed by atoms with Crippen LogP contribution in [0.4, 0.5) is 5.82 Å². The number of piperazine rings is 1. The first-order valence-electron chi connectivity index (χ1n) is 13.5. The van der Waals surface area contributed by atoms with Gasteiger partial charge in [0.15, 0.2) is 5.70 Å². The van der Waals surface area contributed by atoms with Gasteiger partial charge in [-0.1, -0.05) is 18.2 Å². The number of aromatic nitrogens is 2. The van der Waals surface area contributed by atoms with Crippen molar-refractivity contribution in [1.29, 1.82) is 0 Å². The van der Waals surface area contributed by atoms with E-state index in [0.29, 0.717) is 34.7 Å². The monoisotopic (exact) mass is 547 g/mol. The highest BCUT2D eigenvalue weighted by Gasteiger charge is 2.54. The summed E-state index contributed by atoms with van der Waals surface area (Å²) in [5, 5.41) is 6.94. The van der Waals surface area contributed by atoms with Crippen LogP contribution in [-0.4, -0.2) is 92.7 Å². The Hall–Kier alpha value is -3.34. The third-order valence-electron chi connectivity index (χ3n) is 7.57. The fraction of sp³-hybridized carbons (Fsp3) is 0.414. The van der Waals surface area contributed by atoms with E-state index in [-0.39, 0.29) is 5.91 Å². The maximum absolute atomic E-state index is 13.7. The molecular weight excluding hydrogens is 512 g/mol. The largest absolute Gasteiger partial charge is 0.456 e. The fourth-order valence-electron chi connectivity index (χ4n) is 5.80. The highest BCUT2D eigenvalue weighted by atomic mass is 32.2. The first-order valence-corrected chi connectivity index (χ1v) is 14.6. The summed E-state index contributed by atoms with van der Waals surface area (Å²) in [4.78, 5) is 31.5. The molecule has 0 aliphatic carbocycles. The summed E-state index contributed by atoms with van der Waals surface area (Å²) in [7, 11) is 0. The van der Waals surface area contributed by atoms with E-state index in [2.05, 4.69) is 39.4 Å². The number of nitrogens with zero attached hydrogens (tertiary/aromatic N) is 6. The first kappa shape index (κ1) is 25.9. The fourth-order valence-corrected chi connectivity index (χ4v) is 6.75. The van der Waals surface area contributed by atoms with Gasteiger partial charge in [0.2, 0.25) is 0 Å². The predicted octanol–water partition coefficient (Wildman–Crippen LogP) is 3.32. The van der Waals surface area contributed by atoms with E-state index in [9.17, 15) is 9.59 Å². The lowest BCUT2D eigenvalue weighted by Gasteiger charge is -2.44. The lowest BCUT2D eigenvalue weighted by atomic mass is 10.1. The molecule has 9 nitrogen and oxygen atoms in total. The number of carbonyl (C=O) groups is 2. The van der Waals surface area contributed by atoms with E-state index < -0.39 is 11.6 Å². The van der Waals surface area contributed by atoms with Crippen LogP contribution in [0, 0.1) is 0 Å². The quantitative estimate of drug-likeness (QED) is 0.420. The number of anilines is 1. The molecule has 0 radical (unpaired) electrons. The number of quaternary nitrogens is 1. The van der Waals surface area contributed by atoms with Crippen LogP contribution in [0.15, 0.2) is 77.8 Å². The third kappa shape index (κ3) is 4.70. The Morgan fingerprint density at radius 2 is 1.79 bits per heavy atom. The van der Waals surface area contributed by atoms with Crippen LogP contribution >= 0.6 is 11.8 Å². The van der Waals surface area contributed by atoms with Gasteiger partial charge in [0.25, 0.3) is 5.91 Å². The molecule has 1 aromatic heterocycles. The van der Waals surface area contributed by atoms with E-state index in [0.717, 1.165) is 49.1 Å². The number of para-hydroxylation sites is 1. The van der Waals surface area contributed by atoms with E-state index in [1.165, 1.54) is 0 Å². The minimum absolute atomic E-state index is 0.0487. The standard InChI is InChI=1S/C29H35N6O3S/c1-29(2,3)38-28(37)26-23(27(36)32-17-19-39-21-32)20-35(18-7-10-24(26)35)33-15-13-31(14-16-33)25-11-12-30-34(25)22-8-5-4-6-9-22/h4-12,18H,13-17,19-21H2,1-3H3/q+1/t35-/m1/s1. The lowest BCUT2D eigenvalue weighted by molar-refractivity contribution is -0.948. The molecule has 0 saturated carbocycles. The Kier molecular flexibility index (Phi) is 6.65. The molecule has 39 heavy (non-hydrogen) atoms. The van der Waals surface area contributed by atoms with Crippen molar-refractivity contribution in [2.24, 2.45) is 0 Å². The van der Waals surface area contributed by atoms with Crippen LogP contribution in [0.25, 0.3) is 5.69 Å². The number of ether oxygens (including phenoxy) is 1. The summed E-state index contributed by atoms with van der Waals surface area (Å²) in [6, 6.07) is 12.2. The molecule has 2 saturated heterocycles. The second-order valence-electron chi connectivity index (χ2n) is 11.2. The zero-order valence-electron chi connectivity index (χ0n) is 22.7. The van der Waals surface area contributed by atoms with Gasteiger partial charge in [-0.2, -0.15) is 9.69 Å². The Balaban J connectivity index is 1.26. The molecule has 0 unspecified atom stereocenters. The molecule has 10 heteroatoms. The van der Waals surface area contributed by atoms with Crippen LogP contribution in [0.3, 0.4) is 0 Å². The second kappa shape index (κ2) is 10.0. The van der Waals surface area contributed by atoms with Crippen molar-refractivity contribution in [2.75, 3.05) is 55.8 Å². The maximum Gasteiger partial charge on any atom is 0.345 e. The minimum Gasteiger partial charge on any atom is -0.456 e. The number of rotatable bonds is 5. The Morgan fingerprint density at radius 1 is 1.03 bits per heavy atom. The molecule has 204 valence electrons. The molecule has 5 heterocycles. The lowest BCUT2D eigenvalue weighted by Crippen LogP contribution is -2.61. The molecule has 0 spiro atoms. The van der Waals surface area contributed by atoms with Crippen molar-refractivity contribution in [3.8, 4) is 5.69 Å². The van der Waals surface area contributed by atoms with Gasteiger partial charge >= 0.3 is 5.97 Å². The number of fused-ring (bicyclic) bond motifs is 1. The molecule has 2 fully saturated rings. The van der Waals surface area contributed by atoms with Gasteiger partial charge < -0.3 is 14.5 Å². The molecule has 6 rings (SSSR count). The molecule has 1 atom stereocenters. The van der Waals surface area contributed by atoms with E-state index in [1.807, 2.05) is 66.9 Å². The smallest absolute Gasteiger partial charge is 0.345 e. The SMILES string of the molecule is CC(C)(C)OC(=O)C1=C(C(=O)N2CCSC2)C[N@+]2(N3CCN(c4ccnn4-c4ccccc4)CC3)C=CC=C12. The van der Waals surface area contributed by atoms with Crippen LogP contribution < -0.4 is 4.90 Å². The van der Waals surface area contributed by atoms with Gasteiger partial charge in [0.1, 0.15) is 29.7 Å². The van der Waals surface area contributed by atoms with Gasteiger partial charge in [0.05, 0.1) is 36.4 Å². The van der Waals surface area contributed by atoms with Crippen LogP contribution in [0.5, 0.6) is 0 Å². The second-order valence-corrected chi connectivity index (χ2v) is 12.3. The third-order valence-corrected chi connectivity index (χ3v) is 8.54. The number of carbonyl (C=O) groups excluding carboxylic acids is 2. The van der Waals surface area contributed by atoms with Gasteiger partial charge in [-0.25, -0.2) is 9.48 Å². The van der Waals surface area contributed by atoms with Crippen LogP contribution in [0.1, 0.15) is 20.8 Å². The number of hydrogen-bond acceptors (Lipinski definition) is 7. The summed E-state index contributed by atoms with van der Waals surface area (Å²) in [6.45, 7) is 9.86. The summed E-state index contributed by atoms with van der Waals surface area (Å²) >= 11 is 1.75. The minimum atomic E-state index is -0.653. The molecule has 4 aliphatic rings. The zero-order chi connectivity index (χ0) is 27.2. The van der Waals surface area contributed by atoms with E-state index in [1.54, 1.807) is 11.8 Å². The summed E-state index contributed by atoms with van der Waals surface area (Å²) in [5.74, 6) is 2.17. The van der Waals surface area contributed by atoms with Crippen molar-refractivity contribution in [3.63, 3.8) is 0 Å². The average molecular weight is 548 g/mol. The van der Waals surface area contributed by atoms with E-state index >= 15 is 0 Å². The molecular formula is C29H35N6O3S+. The highest BCUT2D eigenvalue weighted by Crippen LogP contribution is 2.43. The van der Waals surface area contributed by atoms with Gasteiger partial charge in [-0.3, -0.25) is 4.79 Å². The van der Waals surface area contributed by atoms with Gasteiger partial charge in [0, 0.05) is 37.5 Å². The molecule has 1 aromatic carbocycles. The normalized spacial score (nSPS) is 23.4. The zero-order valence-corrected chi connectivity index (χ0v) is 23.6. The maximum atomic E-state index is 13.7. The van der Waals surface area contributed by atoms with Crippen LogP contribution in [-0.2, 0) is 14.3 Å². The Bertz CT molecular complexity index is 1360. The van der Waals surface area contributed by atoms with Crippen molar-refractivity contribution < 1.29 is 18.9 Å². The van der Waals surface area contributed by atoms with Gasteiger partial charge in [-0.15, -0.1) is 16.8 Å². The summed E-state index contributed by atoms with van der Waals surface area (Å²) < 4.78 is 8.18. The Morgan fingerprint density at radius 3 is 2.49 bits per heavy atom. The Labute approximate surface area is 233 Å². The van der Waals surface area contributed by atoms with Crippen molar-refractivity contribution in [2.45, 2.75) is 26.4 Å². The van der Waals surface area contributed by atoms with Gasteiger partial charge in [-0.05, 0) is 39.0 Å². The molecule has 2 aromatic rings. The number of hydrogen-bond donors (Lipinski definition) is 0. The predicted molar refractivity (Wildman–Crippen MR) is 152 cm³/mol. The molecule has 0 N–H and O–H groups in total. The van der Waals surface area contributed by atoms with Crippen molar-refractivity contribution in [3.05, 3.63) is 77.8 Å². The average Bonchev–Trinajstić information content (AvgIpc) is 3.71. The van der Waals surface area contributed by atoms with E-state index in [4.69, 9.17) is 4.74 Å². The number of esters is 1. The first-order chi connectivity index (χ1) is 18.8. The summed E-state index contributed by atoms with van der Waals surface area (Å²) in [6.07, 6.45) is 7.94. The highest BCUT2D eigenvalue weighted by molar-refractivity contribution is 7.99. The number of thioether (sulfide) groups is 1. The number of benzene rings is 1. The van der Waals surface area contributed by atoms with Crippen molar-refractivity contribution >= 4 is 29.5 Å². The molecule has 0 bridgehead atoms.